The number of rotatable bonds is 6. The molecule has 2 aromatic rings. The van der Waals surface area contributed by atoms with Gasteiger partial charge in [-0.25, -0.2) is 9.48 Å². The van der Waals surface area contributed by atoms with Gasteiger partial charge >= 0.3 is 6.03 Å². The number of aromatic nitrogens is 2. The molecule has 0 saturated carbocycles. The summed E-state index contributed by atoms with van der Waals surface area (Å²) in [5.74, 6) is 0.673. The van der Waals surface area contributed by atoms with Crippen LogP contribution in [0.3, 0.4) is 0 Å². The summed E-state index contributed by atoms with van der Waals surface area (Å²) in [6.45, 7) is 0.901. The summed E-state index contributed by atoms with van der Waals surface area (Å²) in [5, 5.41) is 9.38. The lowest BCUT2D eigenvalue weighted by Crippen LogP contribution is -2.31. The Labute approximate surface area is 127 Å². The lowest BCUT2D eigenvalue weighted by Gasteiger charge is -2.09. The highest BCUT2D eigenvalue weighted by atomic mass is 16.5. The molecule has 22 heavy (non-hydrogen) atoms. The molecule has 0 atom stereocenters. The first-order valence-electron chi connectivity index (χ1n) is 6.90. The van der Waals surface area contributed by atoms with Crippen LogP contribution in [0.25, 0.3) is 0 Å². The number of amides is 2. The van der Waals surface area contributed by atoms with Gasteiger partial charge < -0.3 is 15.4 Å². The van der Waals surface area contributed by atoms with Gasteiger partial charge in [-0.3, -0.25) is 4.79 Å². The van der Waals surface area contributed by atoms with Crippen LogP contribution in [0.5, 0.6) is 5.75 Å². The van der Waals surface area contributed by atoms with Crippen LogP contribution in [-0.2, 0) is 6.54 Å². The number of ether oxygens (including phenoxy) is 1. The molecule has 0 aliphatic rings. The van der Waals surface area contributed by atoms with E-state index >= 15 is 0 Å². The number of carbonyl (C=O) groups is 1. The zero-order chi connectivity index (χ0) is 15.8. The highest BCUT2D eigenvalue weighted by Gasteiger charge is 2.02. The van der Waals surface area contributed by atoms with Crippen LogP contribution in [0.15, 0.2) is 47.4 Å². The number of nitrogens with one attached hydrogen (secondary N) is 2. The maximum atomic E-state index is 11.7. The van der Waals surface area contributed by atoms with Gasteiger partial charge in [0, 0.05) is 37.1 Å². The van der Waals surface area contributed by atoms with Crippen molar-refractivity contribution < 1.29 is 9.53 Å². The number of hydrogen-bond acceptors (Lipinski definition) is 4. The van der Waals surface area contributed by atoms with Crippen molar-refractivity contribution in [1.29, 1.82) is 0 Å². The molecule has 1 heterocycles. The van der Waals surface area contributed by atoms with E-state index < -0.39 is 0 Å². The Morgan fingerprint density at radius 2 is 2.18 bits per heavy atom. The Hall–Kier alpha value is -2.83. The number of benzene rings is 1. The summed E-state index contributed by atoms with van der Waals surface area (Å²) >= 11 is 0. The summed E-state index contributed by atoms with van der Waals surface area (Å²) in [5.41, 5.74) is 0.501. The number of anilines is 1. The maximum absolute atomic E-state index is 11.7. The fraction of sp³-hybridized carbons (Fsp3) is 0.267. The minimum Gasteiger partial charge on any atom is -0.497 e. The molecule has 1 aromatic heterocycles. The quantitative estimate of drug-likeness (QED) is 0.791. The van der Waals surface area contributed by atoms with E-state index in [2.05, 4.69) is 15.7 Å². The SMILES string of the molecule is COc1cccc(NC(=O)NCCCn2ncccc2=O)c1. The Morgan fingerprint density at radius 3 is 2.95 bits per heavy atom. The molecule has 7 nitrogen and oxygen atoms in total. The second-order valence-electron chi connectivity index (χ2n) is 4.55. The first-order valence-corrected chi connectivity index (χ1v) is 6.90. The first kappa shape index (κ1) is 15.6. The van der Waals surface area contributed by atoms with E-state index in [1.807, 2.05) is 0 Å². The fourth-order valence-corrected chi connectivity index (χ4v) is 1.86. The number of hydrogen-bond donors (Lipinski definition) is 2. The number of carbonyl (C=O) groups excluding carboxylic acids is 1. The van der Waals surface area contributed by atoms with Crippen LogP contribution in [0, 0.1) is 0 Å². The van der Waals surface area contributed by atoms with Crippen LogP contribution in [0.4, 0.5) is 10.5 Å². The average molecular weight is 302 g/mol. The van der Waals surface area contributed by atoms with Gasteiger partial charge in [-0.05, 0) is 24.6 Å². The van der Waals surface area contributed by atoms with Crippen molar-refractivity contribution in [1.82, 2.24) is 15.1 Å². The molecule has 0 aliphatic heterocycles. The summed E-state index contributed by atoms with van der Waals surface area (Å²) in [6.07, 6.45) is 2.17. The second-order valence-corrected chi connectivity index (χ2v) is 4.55. The standard InChI is InChI=1S/C15H18N4O3/c1-22-13-6-2-5-12(11-13)18-15(21)16-8-4-10-19-14(20)7-3-9-17-19/h2-3,5-7,9,11H,4,8,10H2,1H3,(H2,16,18,21). The molecule has 0 aliphatic carbocycles. The van der Waals surface area contributed by atoms with Gasteiger partial charge in [-0.15, -0.1) is 0 Å². The van der Waals surface area contributed by atoms with E-state index in [1.54, 1.807) is 43.6 Å². The van der Waals surface area contributed by atoms with Gasteiger partial charge in [0.05, 0.1) is 7.11 Å². The van der Waals surface area contributed by atoms with Crippen molar-refractivity contribution in [3.8, 4) is 5.75 Å². The molecule has 1 aromatic carbocycles. The van der Waals surface area contributed by atoms with Crippen LogP contribution in [0.1, 0.15) is 6.42 Å². The first-order chi connectivity index (χ1) is 10.7. The number of methoxy groups -OCH3 is 1. The van der Waals surface area contributed by atoms with Crippen molar-refractivity contribution >= 4 is 11.7 Å². The lowest BCUT2D eigenvalue weighted by molar-refractivity contribution is 0.251. The van der Waals surface area contributed by atoms with Gasteiger partial charge in [0.25, 0.3) is 5.56 Å². The van der Waals surface area contributed by atoms with Crippen LogP contribution in [0.2, 0.25) is 0 Å². The van der Waals surface area contributed by atoms with Gasteiger partial charge in [0.1, 0.15) is 5.75 Å². The molecule has 0 unspecified atom stereocenters. The third-order valence-electron chi connectivity index (χ3n) is 2.95. The summed E-state index contributed by atoms with van der Waals surface area (Å²) in [7, 11) is 1.57. The van der Waals surface area contributed by atoms with Crippen molar-refractivity contribution in [2.45, 2.75) is 13.0 Å². The van der Waals surface area contributed by atoms with Gasteiger partial charge in [0.2, 0.25) is 0 Å². The molecular formula is C15H18N4O3. The summed E-state index contributed by atoms with van der Waals surface area (Å²) < 4.78 is 6.45. The Balaban J connectivity index is 1.74. The van der Waals surface area contributed by atoms with Crippen LogP contribution in [-0.4, -0.2) is 29.5 Å². The number of nitrogens with zero attached hydrogens (tertiary/aromatic N) is 2. The van der Waals surface area contributed by atoms with Gasteiger partial charge in [0.15, 0.2) is 0 Å². The Morgan fingerprint density at radius 1 is 1.32 bits per heavy atom. The Bertz CT molecular complexity index is 684. The highest BCUT2D eigenvalue weighted by Crippen LogP contribution is 2.16. The number of aryl methyl sites for hydroxylation is 1. The fourth-order valence-electron chi connectivity index (χ4n) is 1.86. The molecule has 116 valence electrons. The van der Waals surface area contributed by atoms with Crippen molar-refractivity contribution in [3.63, 3.8) is 0 Å². The molecule has 0 fully saturated rings. The minimum atomic E-state index is -0.304. The van der Waals surface area contributed by atoms with Crippen molar-refractivity contribution in [2.75, 3.05) is 19.0 Å². The van der Waals surface area contributed by atoms with Crippen molar-refractivity contribution in [2.24, 2.45) is 0 Å². The van der Waals surface area contributed by atoms with E-state index in [-0.39, 0.29) is 11.6 Å². The van der Waals surface area contributed by atoms with E-state index in [4.69, 9.17) is 4.74 Å². The number of urea groups is 1. The zero-order valence-electron chi connectivity index (χ0n) is 12.3. The van der Waals surface area contributed by atoms with Gasteiger partial charge in [-0.2, -0.15) is 5.10 Å². The zero-order valence-corrected chi connectivity index (χ0v) is 12.3. The maximum Gasteiger partial charge on any atom is 0.319 e. The Kier molecular flexibility index (Phi) is 5.53. The van der Waals surface area contributed by atoms with Gasteiger partial charge in [-0.1, -0.05) is 6.07 Å². The van der Waals surface area contributed by atoms with E-state index in [0.29, 0.717) is 30.9 Å². The minimum absolute atomic E-state index is 0.150. The lowest BCUT2D eigenvalue weighted by atomic mass is 10.3. The summed E-state index contributed by atoms with van der Waals surface area (Å²) in [4.78, 5) is 23.2. The molecular weight excluding hydrogens is 284 g/mol. The molecule has 2 rings (SSSR count). The largest absolute Gasteiger partial charge is 0.497 e. The third-order valence-corrected chi connectivity index (χ3v) is 2.95. The molecule has 7 heteroatoms. The predicted octanol–water partition coefficient (Wildman–Crippen LogP) is 1.46. The normalized spacial score (nSPS) is 10.0. The van der Waals surface area contributed by atoms with E-state index in [1.165, 1.54) is 10.7 Å². The molecule has 0 saturated heterocycles. The monoisotopic (exact) mass is 302 g/mol. The smallest absolute Gasteiger partial charge is 0.319 e. The van der Waals surface area contributed by atoms with E-state index in [9.17, 15) is 9.59 Å². The third kappa shape index (κ3) is 4.62. The average Bonchev–Trinajstić information content (AvgIpc) is 2.53. The second kappa shape index (κ2) is 7.82. The summed E-state index contributed by atoms with van der Waals surface area (Å²) in [6, 6.07) is 9.84. The topological polar surface area (TPSA) is 85.2 Å². The molecule has 2 amide bonds. The van der Waals surface area contributed by atoms with Crippen LogP contribution >= 0.6 is 0 Å². The predicted molar refractivity (Wildman–Crippen MR) is 83.1 cm³/mol. The van der Waals surface area contributed by atoms with Crippen molar-refractivity contribution in [3.05, 3.63) is 52.9 Å². The molecule has 0 radical (unpaired) electrons. The highest BCUT2D eigenvalue weighted by molar-refractivity contribution is 5.89. The molecule has 2 N–H and O–H groups in total. The molecule has 0 bridgehead atoms. The van der Waals surface area contributed by atoms with Crippen LogP contribution < -0.4 is 20.9 Å². The van der Waals surface area contributed by atoms with E-state index in [0.717, 1.165) is 0 Å². The molecule has 0 spiro atoms.